The van der Waals surface area contributed by atoms with Crippen molar-refractivity contribution in [1.29, 1.82) is 0 Å². The summed E-state index contributed by atoms with van der Waals surface area (Å²) in [5.74, 6) is -0.0247. The summed E-state index contributed by atoms with van der Waals surface area (Å²) in [7, 11) is 0. The van der Waals surface area contributed by atoms with Gasteiger partial charge in [0.1, 0.15) is 0 Å². The summed E-state index contributed by atoms with van der Waals surface area (Å²) < 4.78 is 27.1. The van der Waals surface area contributed by atoms with Gasteiger partial charge in [0.05, 0.1) is 0 Å². The van der Waals surface area contributed by atoms with Gasteiger partial charge in [-0.2, -0.15) is 0 Å². The van der Waals surface area contributed by atoms with Crippen LogP contribution >= 0.6 is 0 Å². The molecule has 1 unspecified atom stereocenters. The van der Waals surface area contributed by atoms with Crippen molar-refractivity contribution in [3.8, 4) is 0 Å². The minimum atomic E-state index is -0.811. The summed E-state index contributed by atoms with van der Waals surface area (Å²) in [5.41, 5.74) is 6.40. The largest absolute Gasteiger partial charge is 0.323 e. The molecule has 20 heavy (non-hydrogen) atoms. The number of benzene rings is 1. The highest BCUT2D eigenvalue weighted by molar-refractivity contribution is 5.22. The van der Waals surface area contributed by atoms with Gasteiger partial charge >= 0.3 is 0 Å². The number of rotatable bonds is 7. The molecule has 0 amide bonds. The maximum atomic E-state index is 13.8. The fraction of sp³-hybridized carbons (Fsp3) is 0.625. The Bertz CT molecular complexity index is 456. The van der Waals surface area contributed by atoms with Crippen LogP contribution in [0.2, 0.25) is 0 Å². The molecule has 0 aliphatic heterocycles. The van der Waals surface area contributed by atoms with Crippen molar-refractivity contribution in [2.24, 2.45) is 17.6 Å². The third-order valence-electron chi connectivity index (χ3n) is 4.26. The average Bonchev–Trinajstić information content (AvgIpc) is 3.28. The predicted octanol–water partition coefficient (Wildman–Crippen LogP) is 3.09. The molecule has 1 atom stereocenters. The molecule has 2 aliphatic carbocycles. The molecule has 1 aromatic rings. The van der Waals surface area contributed by atoms with Crippen LogP contribution in [0.3, 0.4) is 0 Å². The molecule has 4 heteroatoms. The van der Waals surface area contributed by atoms with Gasteiger partial charge in [-0.05, 0) is 43.6 Å². The van der Waals surface area contributed by atoms with Crippen LogP contribution in [0.25, 0.3) is 0 Å². The van der Waals surface area contributed by atoms with Crippen molar-refractivity contribution in [3.05, 3.63) is 35.4 Å². The van der Waals surface area contributed by atoms with E-state index < -0.39 is 17.7 Å². The number of nitrogens with zero attached hydrogens (tertiary/aromatic N) is 1. The van der Waals surface area contributed by atoms with Crippen molar-refractivity contribution in [2.75, 3.05) is 19.6 Å². The number of nitrogens with two attached hydrogens (primary N) is 1. The molecule has 0 aromatic heterocycles. The second-order valence-corrected chi connectivity index (χ2v) is 6.35. The monoisotopic (exact) mass is 280 g/mol. The smallest absolute Gasteiger partial charge is 0.163 e. The fourth-order valence-electron chi connectivity index (χ4n) is 2.74. The summed E-state index contributed by atoms with van der Waals surface area (Å²) in [5, 5.41) is 0. The molecule has 2 fully saturated rings. The number of halogens is 2. The Kier molecular flexibility index (Phi) is 4.03. The second-order valence-electron chi connectivity index (χ2n) is 6.35. The van der Waals surface area contributed by atoms with Crippen LogP contribution in [-0.4, -0.2) is 24.5 Å². The Morgan fingerprint density at radius 1 is 1.10 bits per heavy atom. The first kappa shape index (κ1) is 14.0. The zero-order valence-corrected chi connectivity index (χ0v) is 11.7. The highest BCUT2D eigenvalue weighted by Crippen LogP contribution is 2.34. The molecular weight excluding hydrogens is 258 g/mol. The van der Waals surface area contributed by atoms with E-state index in [1.165, 1.54) is 31.7 Å². The van der Waals surface area contributed by atoms with Gasteiger partial charge in [0.25, 0.3) is 0 Å². The quantitative estimate of drug-likeness (QED) is 0.831. The summed E-state index contributed by atoms with van der Waals surface area (Å²) in [6.45, 7) is 2.73. The average molecular weight is 280 g/mol. The normalized spacial score (nSPS) is 20.4. The first-order valence-electron chi connectivity index (χ1n) is 7.55. The van der Waals surface area contributed by atoms with E-state index in [0.717, 1.165) is 31.0 Å². The lowest BCUT2D eigenvalue weighted by atomic mass is 10.1. The molecule has 0 radical (unpaired) electrons. The van der Waals surface area contributed by atoms with Gasteiger partial charge in [-0.25, -0.2) is 8.78 Å². The lowest BCUT2D eigenvalue weighted by molar-refractivity contribution is 0.236. The van der Waals surface area contributed by atoms with Crippen LogP contribution in [0.15, 0.2) is 18.2 Å². The minimum Gasteiger partial charge on any atom is -0.323 e. The molecule has 2 saturated carbocycles. The summed E-state index contributed by atoms with van der Waals surface area (Å²) in [6, 6.07) is 3.80. The maximum Gasteiger partial charge on any atom is 0.163 e. The van der Waals surface area contributed by atoms with Crippen LogP contribution in [0.5, 0.6) is 0 Å². The molecule has 3 rings (SSSR count). The molecule has 2 nitrogen and oxygen atoms in total. The number of hydrogen-bond acceptors (Lipinski definition) is 2. The van der Waals surface area contributed by atoms with Gasteiger partial charge in [0.2, 0.25) is 0 Å². The fourth-order valence-corrected chi connectivity index (χ4v) is 2.74. The Labute approximate surface area is 118 Å². The lowest BCUT2D eigenvalue weighted by Crippen LogP contribution is -2.35. The van der Waals surface area contributed by atoms with Crippen LogP contribution in [0.4, 0.5) is 8.78 Å². The van der Waals surface area contributed by atoms with Crippen LogP contribution in [0.1, 0.15) is 37.3 Å². The molecule has 2 N–H and O–H groups in total. The topological polar surface area (TPSA) is 29.3 Å². The van der Waals surface area contributed by atoms with E-state index in [1.807, 2.05) is 0 Å². The lowest BCUT2D eigenvalue weighted by Gasteiger charge is -2.26. The maximum absolute atomic E-state index is 13.8. The second kappa shape index (κ2) is 5.78. The molecule has 0 spiro atoms. The Hall–Kier alpha value is -1.00. The molecule has 0 saturated heterocycles. The molecule has 1 aromatic carbocycles. The van der Waals surface area contributed by atoms with Gasteiger partial charge in [0.15, 0.2) is 11.6 Å². The van der Waals surface area contributed by atoms with Crippen LogP contribution in [0, 0.1) is 23.5 Å². The van der Waals surface area contributed by atoms with E-state index in [9.17, 15) is 8.78 Å². The third-order valence-corrected chi connectivity index (χ3v) is 4.26. The van der Waals surface area contributed by atoms with E-state index in [1.54, 1.807) is 6.07 Å². The Morgan fingerprint density at radius 3 is 2.25 bits per heavy atom. The number of hydrogen-bond donors (Lipinski definition) is 1. The van der Waals surface area contributed by atoms with Gasteiger partial charge in [0, 0.05) is 31.2 Å². The Balaban J connectivity index is 1.64. The van der Waals surface area contributed by atoms with Crippen LogP contribution in [-0.2, 0) is 0 Å². The van der Waals surface area contributed by atoms with Crippen LogP contribution < -0.4 is 5.73 Å². The predicted molar refractivity (Wildman–Crippen MR) is 75.2 cm³/mol. The van der Waals surface area contributed by atoms with Crippen molar-refractivity contribution in [1.82, 2.24) is 4.90 Å². The molecule has 2 aliphatic rings. The van der Waals surface area contributed by atoms with E-state index in [0.29, 0.717) is 12.1 Å². The van der Waals surface area contributed by atoms with Gasteiger partial charge in [-0.3, -0.25) is 0 Å². The van der Waals surface area contributed by atoms with Crippen molar-refractivity contribution < 1.29 is 8.78 Å². The molecule has 110 valence electrons. The zero-order valence-electron chi connectivity index (χ0n) is 11.7. The van der Waals surface area contributed by atoms with Crippen molar-refractivity contribution in [3.63, 3.8) is 0 Å². The Morgan fingerprint density at radius 2 is 1.70 bits per heavy atom. The van der Waals surface area contributed by atoms with Crippen molar-refractivity contribution in [2.45, 2.75) is 31.7 Å². The van der Waals surface area contributed by atoms with E-state index in [2.05, 4.69) is 4.90 Å². The first-order chi connectivity index (χ1) is 9.63. The molecule has 0 bridgehead atoms. The van der Waals surface area contributed by atoms with Gasteiger partial charge < -0.3 is 10.6 Å². The zero-order chi connectivity index (χ0) is 14.1. The standard InChI is InChI=1S/C16H22F2N2/c17-14-3-1-2-13(16(14)18)15(19)10-20(8-11-4-5-11)9-12-6-7-12/h1-3,11-12,15H,4-10,19H2. The summed E-state index contributed by atoms with van der Waals surface area (Å²) >= 11 is 0. The summed E-state index contributed by atoms with van der Waals surface area (Å²) in [4.78, 5) is 2.35. The van der Waals surface area contributed by atoms with Gasteiger partial charge in [-0.1, -0.05) is 12.1 Å². The summed E-state index contributed by atoms with van der Waals surface area (Å²) in [6.07, 6.45) is 5.19. The van der Waals surface area contributed by atoms with Gasteiger partial charge in [-0.15, -0.1) is 0 Å². The van der Waals surface area contributed by atoms with E-state index >= 15 is 0 Å². The molecule has 0 heterocycles. The highest BCUT2D eigenvalue weighted by Gasteiger charge is 2.30. The van der Waals surface area contributed by atoms with E-state index in [-0.39, 0.29) is 0 Å². The SMILES string of the molecule is NC(CN(CC1CC1)CC1CC1)c1cccc(F)c1F. The van der Waals surface area contributed by atoms with Crippen molar-refractivity contribution >= 4 is 0 Å². The van der Waals surface area contributed by atoms with E-state index in [4.69, 9.17) is 5.73 Å². The highest BCUT2D eigenvalue weighted by atomic mass is 19.2. The minimum absolute atomic E-state index is 0.293. The third kappa shape index (κ3) is 3.55. The first-order valence-corrected chi connectivity index (χ1v) is 7.55. The molecular formula is C16H22F2N2.